The van der Waals surface area contributed by atoms with Gasteiger partial charge < -0.3 is 5.32 Å². The van der Waals surface area contributed by atoms with Crippen molar-refractivity contribution in [2.45, 2.75) is 18.3 Å². The topological polar surface area (TPSA) is 91.8 Å². The van der Waals surface area contributed by atoms with E-state index in [0.29, 0.717) is 17.0 Å². The number of anilines is 1. The second-order valence-electron chi connectivity index (χ2n) is 7.74. The molecule has 7 nitrogen and oxygen atoms in total. The fourth-order valence-electron chi connectivity index (χ4n) is 4.16. The number of nitrogens with one attached hydrogen (secondary N) is 1. The molecule has 30 heavy (non-hydrogen) atoms. The van der Waals surface area contributed by atoms with Crippen LogP contribution in [0.4, 0.5) is 5.69 Å². The fourth-order valence-corrected chi connectivity index (χ4v) is 4.16. The zero-order chi connectivity index (χ0) is 20.1. The highest BCUT2D eigenvalue weighted by atomic mass is 15.4. The van der Waals surface area contributed by atoms with Gasteiger partial charge in [0.15, 0.2) is 5.82 Å². The van der Waals surface area contributed by atoms with Crippen LogP contribution in [0.3, 0.4) is 0 Å². The molecule has 0 radical (unpaired) electrons. The van der Waals surface area contributed by atoms with E-state index in [1.54, 1.807) is 16.8 Å². The molecule has 144 valence electrons. The number of nitrogens with zero attached hydrogens (tertiary/aromatic N) is 6. The van der Waals surface area contributed by atoms with Crippen molar-refractivity contribution in [2.24, 2.45) is 0 Å². The molecule has 2 aromatic heterocycles. The summed E-state index contributed by atoms with van der Waals surface area (Å²) in [5.74, 6) is 1.30. The maximum atomic E-state index is 9.20. The third-order valence-corrected chi connectivity index (χ3v) is 5.91. The van der Waals surface area contributed by atoms with Crippen LogP contribution in [0.25, 0.3) is 23.1 Å². The zero-order valence-corrected chi connectivity index (χ0v) is 16.1. The first-order valence-corrected chi connectivity index (χ1v) is 9.91. The number of hydrogen-bond acceptors (Lipinski definition) is 6. The number of rotatable bonds is 3. The molecule has 2 aliphatic rings. The highest BCUT2D eigenvalue weighted by Gasteiger charge is 2.50. The molecule has 1 N–H and O–H groups in total. The van der Waals surface area contributed by atoms with Gasteiger partial charge in [0.1, 0.15) is 5.69 Å². The molecule has 0 atom stereocenters. The molecule has 1 aliphatic carbocycles. The molecular formula is C23H17N7. The molecule has 2 aromatic carbocycles. The molecule has 1 saturated carbocycles. The summed E-state index contributed by atoms with van der Waals surface area (Å²) in [7, 11) is 0. The third kappa shape index (κ3) is 2.51. The fraction of sp³-hybridized carbons (Fsp3) is 0.174. The lowest BCUT2D eigenvalue weighted by Crippen LogP contribution is -2.16. The first kappa shape index (κ1) is 16.9. The largest absolute Gasteiger partial charge is 0.381 e. The Labute approximate surface area is 172 Å². The van der Waals surface area contributed by atoms with Gasteiger partial charge in [0, 0.05) is 17.8 Å². The SMILES string of the molecule is N#Cc1cccc(-c2cnc3nnc(C4(c5ccc6c(c5)C=CCN6)CC4)n3n2)c1. The van der Waals surface area contributed by atoms with E-state index >= 15 is 0 Å². The summed E-state index contributed by atoms with van der Waals surface area (Å²) < 4.78 is 1.76. The lowest BCUT2D eigenvalue weighted by molar-refractivity contribution is 0.702. The second-order valence-corrected chi connectivity index (χ2v) is 7.74. The lowest BCUT2D eigenvalue weighted by Gasteiger charge is -2.18. The van der Waals surface area contributed by atoms with Crippen molar-refractivity contribution >= 4 is 17.5 Å². The number of benzene rings is 2. The normalized spacial score (nSPS) is 16.0. The Morgan fingerprint density at radius 1 is 1.10 bits per heavy atom. The van der Waals surface area contributed by atoms with E-state index in [4.69, 9.17) is 5.10 Å². The summed E-state index contributed by atoms with van der Waals surface area (Å²) in [5.41, 5.74) is 5.51. The Bertz CT molecular complexity index is 1370. The molecule has 0 unspecified atom stereocenters. The molecule has 1 fully saturated rings. The molecule has 0 saturated heterocycles. The van der Waals surface area contributed by atoms with Gasteiger partial charge in [0.05, 0.1) is 23.2 Å². The van der Waals surface area contributed by atoms with Crippen molar-refractivity contribution in [2.75, 3.05) is 11.9 Å². The van der Waals surface area contributed by atoms with Gasteiger partial charge in [0.25, 0.3) is 5.78 Å². The van der Waals surface area contributed by atoms with Crippen molar-refractivity contribution < 1.29 is 0 Å². The zero-order valence-electron chi connectivity index (χ0n) is 16.1. The van der Waals surface area contributed by atoms with E-state index in [1.807, 2.05) is 18.2 Å². The van der Waals surface area contributed by atoms with Crippen LogP contribution in [0.1, 0.15) is 35.4 Å². The number of aromatic nitrogens is 5. The quantitative estimate of drug-likeness (QED) is 0.574. The van der Waals surface area contributed by atoms with Crippen molar-refractivity contribution in [3.63, 3.8) is 0 Å². The summed E-state index contributed by atoms with van der Waals surface area (Å²) in [4.78, 5) is 4.46. The standard InChI is InChI=1S/C23H17N7/c24-13-15-3-1-4-16(11-15)20-14-26-22-28-27-21(30(22)29-20)23(8-9-23)18-6-7-19-17(12-18)5-2-10-25-19/h1-7,11-12,14,25H,8-10H2. The second kappa shape index (κ2) is 6.22. The van der Waals surface area contributed by atoms with E-state index in [-0.39, 0.29) is 5.41 Å². The van der Waals surface area contributed by atoms with Crippen molar-refractivity contribution in [3.8, 4) is 17.3 Å². The minimum Gasteiger partial charge on any atom is -0.381 e. The van der Waals surface area contributed by atoms with Crippen LogP contribution in [0.5, 0.6) is 0 Å². The Morgan fingerprint density at radius 3 is 2.90 bits per heavy atom. The average Bonchev–Trinajstić information content (AvgIpc) is 3.51. The summed E-state index contributed by atoms with van der Waals surface area (Å²) in [6.07, 6.45) is 7.97. The lowest BCUT2D eigenvalue weighted by atomic mass is 9.92. The summed E-state index contributed by atoms with van der Waals surface area (Å²) in [6, 6.07) is 16.1. The predicted molar refractivity (Wildman–Crippen MR) is 113 cm³/mol. The molecule has 7 heteroatoms. The van der Waals surface area contributed by atoms with E-state index in [9.17, 15) is 5.26 Å². The number of fused-ring (bicyclic) bond motifs is 2. The Hall–Kier alpha value is -4.05. The monoisotopic (exact) mass is 391 g/mol. The van der Waals surface area contributed by atoms with Gasteiger partial charge >= 0.3 is 0 Å². The van der Waals surface area contributed by atoms with Gasteiger partial charge in [-0.15, -0.1) is 10.2 Å². The van der Waals surface area contributed by atoms with Crippen LogP contribution in [0, 0.1) is 11.3 Å². The minimum atomic E-state index is -0.193. The minimum absolute atomic E-state index is 0.193. The molecule has 4 aromatic rings. The average molecular weight is 391 g/mol. The molecule has 6 rings (SSSR count). The van der Waals surface area contributed by atoms with Crippen LogP contribution in [-0.4, -0.2) is 31.3 Å². The van der Waals surface area contributed by atoms with E-state index in [2.05, 4.69) is 56.9 Å². The first-order valence-electron chi connectivity index (χ1n) is 9.91. The molecule has 0 amide bonds. The highest BCUT2D eigenvalue weighted by Crippen LogP contribution is 2.53. The van der Waals surface area contributed by atoms with Gasteiger partial charge in [-0.2, -0.15) is 14.9 Å². The van der Waals surface area contributed by atoms with E-state index < -0.39 is 0 Å². The molecule has 3 heterocycles. The Morgan fingerprint density at radius 2 is 2.03 bits per heavy atom. The van der Waals surface area contributed by atoms with Gasteiger partial charge in [-0.1, -0.05) is 30.4 Å². The van der Waals surface area contributed by atoms with Crippen molar-refractivity contribution in [1.29, 1.82) is 5.26 Å². The van der Waals surface area contributed by atoms with E-state index in [1.165, 1.54) is 11.1 Å². The predicted octanol–water partition coefficient (Wildman–Crippen LogP) is 3.58. The van der Waals surface area contributed by atoms with Crippen LogP contribution in [0.2, 0.25) is 0 Å². The smallest absolute Gasteiger partial charge is 0.271 e. The Balaban J connectivity index is 1.47. The van der Waals surface area contributed by atoms with Crippen LogP contribution in [0.15, 0.2) is 54.7 Å². The number of nitriles is 1. The van der Waals surface area contributed by atoms with E-state index in [0.717, 1.165) is 36.5 Å². The maximum absolute atomic E-state index is 9.20. The van der Waals surface area contributed by atoms with Gasteiger partial charge in [-0.25, -0.2) is 4.98 Å². The molecule has 0 spiro atoms. The highest BCUT2D eigenvalue weighted by molar-refractivity contribution is 5.71. The summed E-state index contributed by atoms with van der Waals surface area (Å²) >= 11 is 0. The molecule has 0 bridgehead atoms. The van der Waals surface area contributed by atoms with Crippen LogP contribution >= 0.6 is 0 Å². The summed E-state index contributed by atoms with van der Waals surface area (Å²) in [6.45, 7) is 0.859. The first-order chi connectivity index (χ1) is 14.8. The maximum Gasteiger partial charge on any atom is 0.271 e. The molecular weight excluding hydrogens is 374 g/mol. The third-order valence-electron chi connectivity index (χ3n) is 5.91. The van der Waals surface area contributed by atoms with Crippen molar-refractivity contribution in [3.05, 3.63) is 77.3 Å². The van der Waals surface area contributed by atoms with Crippen LogP contribution in [-0.2, 0) is 5.41 Å². The van der Waals surface area contributed by atoms with Crippen molar-refractivity contribution in [1.82, 2.24) is 24.8 Å². The summed E-state index contributed by atoms with van der Waals surface area (Å²) in [5, 5.41) is 26.1. The van der Waals surface area contributed by atoms with Gasteiger partial charge in [0.2, 0.25) is 0 Å². The van der Waals surface area contributed by atoms with Gasteiger partial charge in [-0.3, -0.25) is 0 Å². The van der Waals surface area contributed by atoms with Gasteiger partial charge in [-0.05, 0) is 48.2 Å². The molecule has 1 aliphatic heterocycles. The number of hydrogen-bond donors (Lipinski definition) is 1. The Kier molecular flexibility index (Phi) is 3.50. The van der Waals surface area contributed by atoms with Crippen LogP contribution < -0.4 is 5.32 Å².